The Kier molecular flexibility index (Phi) is 3.89. The second-order valence-electron chi connectivity index (χ2n) is 5.19. The van der Waals surface area contributed by atoms with Gasteiger partial charge in [0.25, 0.3) is 11.6 Å². The van der Waals surface area contributed by atoms with E-state index in [9.17, 15) is 14.7 Å². The molecule has 0 aromatic carbocycles. The number of thiocarbonyl (C=S) groups is 1. The molecule has 1 aliphatic heterocycles. The highest BCUT2D eigenvalue weighted by Gasteiger charge is 2.52. The number of nitrogens with zero attached hydrogens (tertiary/aromatic N) is 2. The molecule has 1 unspecified atom stereocenters. The van der Waals surface area contributed by atoms with E-state index in [2.05, 4.69) is 5.32 Å². The van der Waals surface area contributed by atoms with Crippen LogP contribution in [0.4, 0.5) is 0 Å². The van der Waals surface area contributed by atoms with Crippen molar-refractivity contribution >= 4 is 29.0 Å². The summed E-state index contributed by atoms with van der Waals surface area (Å²) in [4.78, 5) is 26.2. The molecule has 106 valence electrons. The molecule has 1 amide bonds. The van der Waals surface area contributed by atoms with E-state index in [1.165, 1.54) is 25.4 Å². The van der Waals surface area contributed by atoms with Gasteiger partial charge in [-0.25, -0.2) is 0 Å². The number of carbonyl (C=O) groups is 2. The molecule has 0 spiro atoms. The van der Waals surface area contributed by atoms with Crippen molar-refractivity contribution < 1.29 is 14.7 Å². The number of ketones is 1. The number of amides is 1. The van der Waals surface area contributed by atoms with Crippen LogP contribution in [0.5, 0.6) is 0 Å². The highest BCUT2D eigenvalue weighted by Crippen LogP contribution is 2.24. The van der Waals surface area contributed by atoms with E-state index in [4.69, 9.17) is 12.2 Å². The van der Waals surface area contributed by atoms with Gasteiger partial charge >= 0.3 is 5.91 Å². The Morgan fingerprint density at radius 3 is 2.42 bits per heavy atom. The highest BCUT2D eigenvalue weighted by atomic mass is 32.1. The van der Waals surface area contributed by atoms with Crippen molar-refractivity contribution in [3.8, 4) is 0 Å². The Hall–Kier alpha value is -1.05. The summed E-state index contributed by atoms with van der Waals surface area (Å²) >= 11 is 5.08. The maximum Gasteiger partial charge on any atom is 0.302 e. The Morgan fingerprint density at radius 2 is 1.84 bits per heavy atom. The lowest BCUT2D eigenvalue weighted by atomic mass is 9.94. The summed E-state index contributed by atoms with van der Waals surface area (Å²) in [5.74, 6) is -3.67. The fourth-order valence-corrected chi connectivity index (χ4v) is 2.81. The van der Waals surface area contributed by atoms with Crippen LogP contribution in [0.1, 0.15) is 32.1 Å². The first-order chi connectivity index (χ1) is 8.88. The Balaban J connectivity index is 2.21. The lowest BCUT2D eigenvalue weighted by Gasteiger charge is -2.45. The topological polar surface area (TPSA) is 72.9 Å². The quantitative estimate of drug-likeness (QED) is 0.416. The zero-order valence-electron chi connectivity index (χ0n) is 11.2. The van der Waals surface area contributed by atoms with Crippen molar-refractivity contribution in [3.05, 3.63) is 0 Å². The summed E-state index contributed by atoms with van der Waals surface area (Å²) in [7, 11) is 2.94. The van der Waals surface area contributed by atoms with Crippen LogP contribution in [-0.2, 0) is 9.59 Å². The third kappa shape index (κ3) is 2.37. The third-order valence-corrected chi connectivity index (χ3v) is 4.43. The van der Waals surface area contributed by atoms with Crippen molar-refractivity contribution in [1.29, 1.82) is 0 Å². The molecule has 6 nitrogen and oxygen atoms in total. The average Bonchev–Trinajstić information content (AvgIpc) is 2.43. The monoisotopic (exact) mass is 285 g/mol. The molecule has 1 heterocycles. The van der Waals surface area contributed by atoms with E-state index >= 15 is 0 Å². The van der Waals surface area contributed by atoms with Gasteiger partial charge in [0, 0.05) is 20.1 Å². The molecule has 2 aliphatic rings. The van der Waals surface area contributed by atoms with Gasteiger partial charge in [-0.15, -0.1) is 0 Å². The first-order valence-corrected chi connectivity index (χ1v) is 6.89. The molecule has 1 saturated carbocycles. The van der Waals surface area contributed by atoms with Crippen molar-refractivity contribution in [2.75, 3.05) is 14.1 Å². The molecule has 0 bridgehead atoms. The first kappa shape index (κ1) is 14.4. The van der Waals surface area contributed by atoms with E-state index < -0.39 is 17.5 Å². The highest BCUT2D eigenvalue weighted by molar-refractivity contribution is 7.80. The molecule has 1 aliphatic carbocycles. The van der Waals surface area contributed by atoms with Crippen LogP contribution < -0.4 is 5.32 Å². The first-order valence-electron chi connectivity index (χ1n) is 6.48. The molecule has 2 N–H and O–H groups in total. The summed E-state index contributed by atoms with van der Waals surface area (Å²) in [5, 5.41) is 13.6. The van der Waals surface area contributed by atoms with Gasteiger partial charge in [-0.3, -0.25) is 19.8 Å². The van der Waals surface area contributed by atoms with Crippen molar-refractivity contribution in [1.82, 2.24) is 15.1 Å². The normalized spacial score (nSPS) is 30.2. The lowest BCUT2D eigenvalue weighted by Crippen LogP contribution is -2.74. The summed E-state index contributed by atoms with van der Waals surface area (Å²) in [6, 6.07) is 0.0316. The van der Waals surface area contributed by atoms with Gasteiger partial charge < -0.3 is 10.0 Å². The van der Waals surface area contributed by atoms with Gasteiger partial charge in [-0.05, 0) is 25.1 Å². The molecular formula is C12H19N3O3S. The van der Waals surface area contributed by atoms with Gasteiger partial charge in [-0.2, -0.15) is 0 Å². The lowest BCUT2D eigenvalue weighted by molar-refractivity contribution is -0.174. The minimum atomic E-state index is -2.01. The van der Waals surface area contributed by atoms with Crippen LogP contribution in [0.15, 0.2) is 0 Å². The number of nitrogens with one attached hydrogen (secondary N) is 1. The number of hydrogen-bond acceptors (Lipinski definition) is 5. The maximum atomic E-state index is 12.1. The summed E-state index contributed by atoms with van der Waals surface area (Å²) in [6.07, 6.45) is 5.06. The molecule has 2 rings (SSSR count). The van der Waals surface area contributed by atoms with Gasteiger partial charge in [0.1, 0.15) is 0 Å². The molecule has 2 fully saturated rings. The van der Waals surface area contributed by atoms with Crippen molar-refractivity contribution in [2.45, 2.75) is 44.0 Å². The van der Waals surface area contributed by atoms with Crippen LogP contribution in [0, 0.1) is 0 Å². The fraction of sp³-hybridized carbons (Fsp3) is 0.750. The molecule has 1 atom stereocenters. The molecule has 7 heteroatoms. The number of carbonyl (C=O) groups excluding carboxylic acids is 2. The van der Waals surface area contributed by atoms with Crippen LogP contribution in [0.25, 0.3) is 0 Å². The fourth-order valence-electron chi connectivity index (χ4n) is 2.60. The van der Waals surface area contributed by atoms with Crippen molar-refractivity contribution in [2.24, 2.45) is 0 Å². The van der Waals surface area contributed by atoms with E-state index in [1.807, 2.05) is 0 Å². The second kappa shape index (κ2) is 5.15. The Labute approximate surface area is 117 Å². The van der Waals surface area contributed by atoms with E-state index in [1.54, 1.807) is 0 Å². The largest absolute Gasteiger partial charge is 0.352 e. The summed E-state index contributed by atoms with van der Waals surface area (Å²) < 4.78 is 0. The van der Waals surface area contributed by atoms with Gasteiger partial charge in [0.15, 0.2) is 5.11 Å². The van der Waals surface area contributed by atoms with E-state index in [0.29, 0.717) is 0 Å². The molecular weight excluding hydrogens is 266 g/mol. The SMILES string of the molecule is CN1C(=O)C(=O)C(O)(NC2CCCCC2)N(C)C1=S. The number of aliphatic hydroxyl groups is 1. The minimum Gasteiger partial charge on any atom is -0.352 e. The molecule has 0 aromatic rings. The third-order valence-electron chi connectivity index (χ3n) is 3.89. The second-order valence-corrected chi connectivity index (χ2v) is 5.55. The Morgan fingerprint density at radius 1 is 1.26 bits per heavy atom. The number of rotatable bonds is 2. The minimum absolute atomic E-state index is 0.0316. The van der Waals surface area contributed by atoms with Crippen LogP contribution in [0.2, 0.25) is 0 Å². The van der Waals surface area contributed by atoms with E-state index in [-0.39, 0.29) is 11.2 Å². The number of Topliss-reactive ketones (excluding diaryl/α,β-unsaturated/α-hetero) is 1. The van der Waals surface area contributed by atoms with Crippen LogP contribution in [0.3, 0.4) is 0 Å². The molecule has 1 saturated heterocycles. The smallest absolute Gasteiger partial charge is 0.302 e. The van der Waals surface area contributed by atoms with Gasteiger partial charge in [-0.1, -0.05) is 19.3 Å². The van der Waals surface area contributed by atoms with Gasteiger partial charge in [0.05, 0.1) is 0 Å². The molecule has 0 aromatic heterocycles. The summed E-state index contributed by atoms with van der Waals surface area (Å²) in [5.41, 5.74) is 0. The number of hydrogen-bond donors (Lipinski definition) is 2. The average molecular weight is 285 g/mol. The predicted molar refractivity (Wildman–Crippen MR) is 73.1 cm³/mol. The predicted octanol–water partition coefficient (Wildman–Crippen LogP) is -0.187. The standard InChI is InChI=1S/C12H19N3O3S/c1-14-10(17)9(16)12(18,15(2)11(14)19)13-8-6-4-3-5-7-8/h8,13,18H,3-7H2,1-2H3. The number of likely N-dealkylation sites (N-methyl/N-ethyl adjacent to an activating group) is 2. The maximum absolute atomic E-state index is 12.1. The summed E-state index contributed by atoms with van der Waals surface area (Å²) in [6.45, 7) is 0. The van der Waals surface area contributed by atoms with Crippen LogP contribution in [-0.4, -0.2) is 57.7 Å². The van der Waals surface area contributed by atoms with Crippen LogP contribution >= 0.6 is 12.2 Å². The van der Waals surface area contributed by atoms with E-state index in [0.717, 1.165) is 30.6 Å². The van der Waals surface area contributed by atoms with Gasteiger partial charge in [0.2, 0.25) is 0 Å². The van der Waals surface area contributed by atoms with Crippen molar-refractivity contribution in [3.63, 3.8) is 0 Å². The zero-order chi connectivity index (χ0) is 14.2. The zero-order valence-corrected chi connectivity index (χ0v) is 12.0. The Bertz CT molecular complexity index is 422. The molecule has 0 radical (unpaired) electrons. The molecule has 19 heavy (non-hydrogen) atoms.